The molecular weight excluding hydrogens is 300 g/mol. The van der Waals surface area contributed by atoms with Gasteiger partial charge in [-0.3, -0.25) is 0 Å². The second kappa shape index (κ2) is 6.41. The number of para-hydroxylation sites is 1. The number of anilines is 2. The Labute approximate surface area is 131 Å². The maximum Gasteiger partial charge on any atom is 0.244 e. The second-order valence-corrected chi connectivity index (χ2v) is 7.20. The van der Waals surface area contributed by atoms with Crippen LogP contribution in [0, 0.1) is 6.92 Å². The van der Waals surface area contributed by atoms with E-state index in [2.05, 4.69) is 15.3 Å². The Bertz CT molecular complexity index is 773. The summed E-state index contributed by atoms with van der Waals surface area (Å²) in [6, 6.07) is 6.79. The molecule has 118 valence electrons. The molecule has 1 aromatic carbocycles. The van der Waals surface area contributed by atoms with Crippen LogP contribution in [-0.2, 0) is 16.4 Å². The number of benzene rings is 1. The van der Waals surface area contributed by atoms with E-state index in [0.717, 1.165) is 5.56 Å². The fourth-order valence-corrected chi connectivity index (χ4v) is 2.94. The van der Waals surface area contributed by atoms with Crippen LogP contribution in [0.1, 0.15) is 18.3 Å². The van der Waals surface area contributed by atoms with Crippen molar-refractivity contribution >= 4 is 21.5 Å². The van der Waals surface area contributed by atoms with E-state index in [1.54, 1.807) is 30.5 Å². The Morgan fingerprint density at radius 2 is 1.91 bits per heavy atom. The third kappa shape index (κ3) is 3.26. The number of aryl methyl sites for hydroxylation is 2. The molecule has 7 heteroatoms. The second-order valence-electron chi connectivity index (χ2n) is 5.08. The summed E-state index contributed by atoms with van der Waals surface area (Å²) in [6.45, 7) is 3.85. The molecule has 1 N–H and O–H groups in total. The molecule has 1 heterocycles. The smallest absolute Gasteiger partial charge is 0.244 e. The van der Waals surface area contributed by atoms with Crippen LogP contribution in [0.15, 0.2) is 35.4 Å². The number of hydrogen-bond acceptors (Lipinski definition) is 5. The molecule has 2 aromatic rings. The summed E-state index contributed by atoms with van der Waals surface area (Å²) in [5, 5.41) is 3.12. The molecule has 0 unspecified atom stereocenters. The van der Waals surface area contributed by atoms with Gasteiger partial charge in [0.05, 0.1) is 5.69 Å². The fourth-order valence-electron chi connectivity index (χ4n) is 1.89. The van der Waals surface area contributed by atoms with Crippen LogP contribution in [0.4, 0.5) is 11.5 Å². The Morgan fingerprint density at radius 3 is 2.55 bits per heavy atom. The predicted octanol–water partition coefficient (Wildman–Crippen LogP) is 2.34. The lowest BCUT2D eigenvalue weighted by Gasteiger charge is -2.16. The van der Waals surface area contributed by atoms with Gasteiger partial charge in [0.15, 0.2) is 0 Å². The molecule has 0 aliphatic heterocycles. The summed E-state index contributed by atoms with van der Waals surface area (Å²) in [5.74, 6) is 1.33. The van der Waals surface area contributed by atoms with E-state index in [9.17, 15) is 8.42 Å². The highest BCUT2D eigenvalue weighted by Gasteiger charge is 2.21. The van der Waals surface area contributed by atoms with Crippen LogP contribution in [0.5, 0.6) is 0 Å². The highest BCUT2D eigenvalue weighted by atomic mass is 32.2. The first-order valence-electron chi connectivity index (χ1n) is 6.97. The van der Waals surface area contributed by atoms with Gasteiger partial charge in [0, 0.05) is 32.3 Å². The van der Waals surface area contributed by atoms with Gasteiger partial charge in [0.2, 0.25) is 10.0 Å². The summed E-state index contributed by atoms with van der Waals surface area (Å²) in [5.41, 5.74) is 1.36. The molecule has 2 rings (SSSR count). The molecule has 0 spiro atoms. The quantitative estimate of drug-likeness (QED) is 0.915. The number of sulfonamides is 1. The summed E-state index contributed by atoms with van der Waals surface area (Å²) >= 11 is 0. The van der Waals surface area contributed by atoms with Gasteiger partial charge in [0.1, 0.15) is 16.5 Å². The van der Waals surface area contributed by atoms with E-state index < -0.39 is 10.0 Å². The molecule has 0 atom stereocenters. The molecule has 22 heavy (non-hydrogen) atoms. The van der Waals surface area contributed by atoms with Crippen molar-refractivity contribution in [1.29, 1.82) is 0 Å². The molecule has 0 amide bonds. The van der Waals surface area contributed by atoms with Crippen LogP contribution in [0.2, 0.25) is 0 Å². The van der Waals surface area contributed by atoms with E-state index in [1.807, 2.05) is 13.8 Å². The van der Waals surface area contributed by atoms with Gasteiger partial charge < -0.3 is 5.32 Å². The van der Waals surface area contributed by atoms with Crippen LogP contribution in [0.3, 0.4) is 0 Å². The van der Waals surface area contributed by atoms with Gasteiger partial charge >= 0.3 is 0 Å². The van der Waals surface area contributed by atoms with Gasteiger partial charge in [-0.25, -0.2) is 22.7 Å². The SMILES string of the molecule is CCc1ncc(C)c(Nc2ccccc2S(=O)(=O)N(C)C)n1. The Balaban J connectivity index is 2.48. The minimum Gasteiger partial charge on any atom is -0.339 e. The molecule has 0 aliphatic carbocycles. The average Bonchev–Trinajstić information content (AvgIpc) is 2.49. The first-order chi connectivity index (χ1) is 10.4. The minimum atomic E-state index is -3.53. The van der Waals surface area contributed by atoms with E-state index in [1.165, 1.54) is 18.4 Å². The van der Waals surface area contributed by atoms with Crippen LogP contribution in [-0.4, -0.2) is 36.8 Å². The maximum atomic E-state index is 12.4. The molecule has 0 aliphatic rings. The monoisotopic (exact) mass is 320 g/mol. The predicted molar refractivity (Wildman–Crippen MR) is 86.7 cm³/mol. The van der Waals surface area contributed by atoms with Gasteiger partial charge in [-0.2, -0.15) is 0 Å². The maximum absolute atomic E-state index is 12.4. The van der Waals surface area contributed by atoms with Gasteiger partial charge in [-0.1, -0.05) is 19.1 Å². The van der Waals surface area contributed by atoms with Gasteiger partial charge in [-0.15, -0.1) is 0 Å². The van der Waals surface area contributed by atoms with E-state index >= 15 is 0 Å². The van der Waals surface area contributed by atoms with Crippen LogP contribution < -0.4 is 5.32 Å². The molecular formula is C15H20N4O2S. The summed E-state index contributed by atoms with van der Waals surface area (Å²) in [6.07, 6.45) is 2.45. The zero-order chi connectivity index (χ0) is 16.3. The highest BCUT2D eigenvalue weighted by Crippen LogP contribution is 2.26. The van der Waals surface area contributed by atoms with Crippen molar-refractivity contribution in [3.8, 4) is 0 Å². The van der Waals surface area contributed by atoms with Crippen molar-refractivity contribution in [3.05, 3.63) is 41.9 Å². The Kier molecular flexibility index (Phi) is 4.77. The number of aromatic nitrogens is 2. The summed E-state index contributed by atoms with van der Waals surface area (Å²) in [4.78, 5) is 8.86. The zero-order valence-electron chi connectivity index (χ0n) is 13.2. The average molecular weight is 320 g/mol. The largest absolute Gasteiger partial charge is 0.339 e. The van der Waals surface area contributed by atoms with Gasteiger partial charge in [0.25, 0.3) is 0 Å². The number of nitrogens with zero attached hydrogens (tertiary/aromatic N) is 3. The van der Waals surface area contributed by atoms with Crippen molar-refractivity contribution in [2.45, 2.75) is 25.2 Å². The molecule has 1 aromatic heterocycles. The third-order valence-electron chi connectivity index (χ3n) is 3.24. The number of nitrogens with one attached hydrogen (secondary N) is 1. The lowest BCUT2D eigenvalue weighted by atomic mass is 10.3. The number of rotatable bonds is 5. The summed E-state index contributed by atoms with van der Waals surface area (Å²) in [7, 11) is -0.506. The lowest BCUT2D eigenvalue weighted by molar-refractivity contribution is 0.521. The van der Waals surface area contributed by atoms with E-state index in [-0.39, 0.29) is 4.90 Å². The lowest BCUT2D eigenvalue weighted by Crippen LogP contribution is -2.23. The number of hydrogen-bond donors (Lipinski definition) is 1. The van der Waals surface area contributed by atoms with Gasteiger partial charge in [-0.05, 0) is 19.1 Å². The van der Waals surface area contributed by atoms with E-state index in [0.29, 0.717) is 23.8 Å². The first kappa shape index (κ1) is 16.4. The molecule has 0 saturated carbocycles. The minimum absolute atomic E-state index is 0.219. The molecule has 0 fully saturated rings. The van der Waals surface area contributed by atoms with Crippen LogP contribution in [0.25, 0.3) is 0 Å². The molecule has 0 bridgehead atoms. The normalized spacial score (nSPS) is 11.7. The molecule has 0 radical (unpaired) electrons. The Hall–Kier alpha value is -1.99. The Morgan fingerprint density at radius 1 is 1.23 bits per heavy atom. The third-order valence-corrected chi connectivity index (χ3v) is 5.11. The highest BCUT2D eigenvalue weighted by molar-refractivity contribution is 7.89. The van der Waals surface area contributed by atoms with Crippen molar-refractivity contribution in [2.75, 3.05) is 19.4 Å². The van der Waals surface area contributed by atoms with Crippen LogP contribution >= 0.6 is 0 Å². The zero-order valence-corrected chi connectivity index (χ0v) is 14.0. The summed E-state index contributed by atoms with van der Waals surface area (Å²) < 4.78 is 26.0. The topological polar surface area (TPSA) is 75.2 Å². The van der Waals surface area contributed by atoms with Crippen molar-refractivity contribution in [2.24, 2.45) is 0 Å². The fraction of sp³-hybridized carbons (Fsp3) is 0.333. The molecule has 6 nitrogen and oxygen atoms in total. The first-order valence-corrected chi connectivity index (χ1v) is 8.41. The standard InChI is InChI=1S/C15H20N4O2S/c1-5-14-16-10-11(2)15(18-14)17-12-8-6-7-9-13(12)22(20,21)19(3)4/h6-10H,5H2,1-4H3,(H,16,17,18). The van der Waals surface area contributed by atoms with Crippen molar-refractivity contribution < 1.29 is 8.42 Å². The van der Waals surface area contributed by atoms with E-state index in [4.69, 9.17) is 0 Å². The van der Waals surface area contributed by atoms with Crippen molar-refractivity contribution in [3.63, 3.8) is 0 Å². The molecule has 0 saturated heterocycles. The van der Waals surface area contributed by atoms with Crippen molar-refractivity contribution in [1.82, 2.24) is 14.3 Å².